The van der Waals surface area contributed by atoms with E-state index in [0.717, 1.165) is 33.5 Å². The van der Waals surface area contributed by atoms with E-state index in [0.29, 0.717) is 12.5 Å². The van der Waals surface area contributed by atoms with Crippen LogP contribution in [0.4, 0.5) is 0 Å². The lowest BCUT2D eigenvalue weighted by atomic mass is 10.1. The van der Waals surface area contributed by atoms with Crippen LogP contribution in [0.2, 0.25) is 0 Å². The number of hydrogen-bond donors (Lipinski definition) is 0. The number of ether oxygens (including phenoxy) is 1. The Morgan fingerprint density at radius 2 is 1.95 bits per heavy atom. The third-order valence-corrected chi connectivity index (χ3v) is 4.01. The summed E-state index contributed by atoms with van der Waals surface area (Å²) in [6.45, 7) is 6.99. The minimum absolute atomic E-state index is 0.535. The Morgan fingerprint density at radius 1 is 1.19 bits per heavy atom. The Balaban J connectivity index is 1.91. The predicted octanol–water partition coefficient (Wildman–Crippen LogP) is 3.45. The summed E-state index contributed by atoms with van der Waals surface area (Å²) in [4.78, 5) is 0.842. The fourth-order valence-corrected chi connectivity index (χ4v) is 2.99. The predicted molar refractivity (Wildman–Crippen MR) is 83.8 cm³/mol. The zero-order valence-electron chi connectivity index (χ0n) is 12.4. The summed E-state index contributed by atoms with van der Waals surface area (Å²) in [6, 6.07) is 7.99. The molecule has 0 spiro atoms. The molecule has 6 heteroatoms. The van der Waals surface area contributed by atoms with Gasteiger partial charge in [-0.2, -0.15) is 9.61 Å². The molecule has 2 aromatic heterocycles. The second-order valence-electron chi connectivity index (χ2n) is 5.27. The van der Waals surface area contributed by atoms with E-state index in [-0.39, 0.29) is 0 Å². The number of rotatable bonds is 5. The molecule has 0 unspecified atom stereocenters. The number of fused-ring (bicyclic) bond motifs is 1. The van der Waals surface area contributed by atoms with Gasteiger partial charge in [-0.15, -0.1) is 10.2 Å². The van der Waals surface area contributed by atoms with Crippen molar-refractivity contribution in [3.63, 3.8) is 0 Å². The van der Waals surface area contributed by atoms with Gasteiger partial charge in [-0.05, 0) is 37.1 Å². The van der Waals surface area contributed by atoms with Crippen molar-refractivity contribution < 1.29 is 4.74 Å². The smallest absolute Gasteiger partial charge is 0.234 e. The van der Waals surface area contributed by atoms with Gasteiger partial charge in [0.2, 0.25) is 4.96 Å². The molecule has 0 radical (unpaired) electrons. The largest absolute Gasteiger partial charge is 0.494 e. The Kier molecular flexibility index (Phi) is 3.88. The van der Waals surface area contributed by atoms with E-state index in [1.165, 1.54) is 0 Å². The molecule has 5 nitrogen and oxygen atoms in total. The van der Waals surface area contributed by atoms with Crippen LogP contribution in [0.15, 0.2) is 24.3 Å². The molecule has 1 aromatic carbocycles. The molecule has 0 saturated heterocycles. The van der Waals surface area contributed by atoms with Crippen LogP contribution >= 0.6 is 11.3 Å². The summed E-state index contributed by atoms with van der Waals surface area (Å²) in [5, 5.41) is 14.0. The molecule has 3 rings (SSSR count). The topological polar surface area (TPSA) is 52.3 Å². The van der Waals surface area contributed by atoms with Crippen molar-refractivity contribution in [3.8, 4) is 16.3 Å². The van der Waals surface area contributed by atoms with Crippen LogP contribution in [-0.2, 0) is 6.42 Å². The fourth-order valence-electron chi connectivity index (χ4n) is 2.13. The molecule has 0 aliphatic heterocycles. The molecule has 0 fully saturated rings. The highest BCUT2D eigenvalue weighted by molar-refractivity contribution is 7.19. The summed E-state index contributed by atoms with van der Waals surface area (Å²) >= 11 is 1.55. The summed E-state index contributed by atoms with van der Waals surface area (Å²) < 4.78 is 7.32. The van der Waals surface area contributed by atoms with Gasteiger partial charge < -0.3 is 4.74 Å². The molecule has 2 heterocycles. The van der Waals surface area contributed by atoms with E-state index < -0.39 is 0 Å². The lowest BCUT2D eigenvalue weighted by Gasteiger charge is -2.02. The highest BCUT2D eigenvalue weighted by Gasteiger charge is 2.13. The molecule has 0 amide bonds. The van der Waals surface area contributed by atoms with Gasteiger partial charge in [-0.25, -0.2) is 0 Å². The molecule has 0 bridgehead atoms. The SMILES string of the molecule is CCOc1ccc(-c2nn3c(CC(C)C)nnc3s2)cc1. The molecule has 110 valence electrons. The first-order valence-corrected chi connectivity index (χ1v) is 7.93. The lowest BCUT2D eigenvalue weighted by molar-refractivity contribution is 0.340. The average molecular weight is 302 g/mol. The zero-order chi connectivity index (χ0) is 14.8. The van der Waals surface area contributed by atoms with Crippen molar-refractivity contribution in [2.45, 2.75) is 27.2 Å². The van der Waals surface area contributed by atoms with Crippen LogP contribution in [0.5, 0.6) is 5.75 Å². The van der Waals surface area contributed by atoms with Crippen LogP contribution in [0.25, 0.3) is 15.5 Å². The molecular formula is C15H18N4OS. The van der Waals surface area contributed by atoms with Crippen LogP contribution in [0.3, 0.4) is 0 Å². The lowest BCUT2D eigenvalue weighted by Crippen LogP contribution is -2.01. The molecule has 21 heavy (non-hydrogen) atoms. The number of aromatic nitrogens is 4. The second-order valence-corrected chi connectivity index (χ2v) is 6.23. The Morgan fingerprint density at radius 3 is 2.62 bits per heavy atom. The fraction of sp³-hybridized carbons (Fsp3) is 0.400. The first-order valence-electron chi connectivity index (χ1n) is 7.11. The maximum Gasteiger partial charge on any atom is 0.234 e. The standard InChI is InChI=1S/C15H18N4OS/c1-4-20-12-7-5-11(6-8-12)14-18-19-13(9-10(2)3)16-17-15(19)21-14/h5-8,10H,4,9H2,1-3H3. The Labute approximate surface area is 127 Å². The van der Waals surface area contributed by atoms with Gasteiger partial charge in [0, 0.05) is 12.0 Å². The minimum atomic E-state index is 0.535. The van der Waals surface area contributed by atoms with E-state index in [2.05, 4.69) is 29.1 Å². The molecule has 0 aliphatic carbocycles. The monoisotopic (exact) mass is 302 g/mol. The number of benzene rings is 1. The zero-order valence-corrected chi connectivity index (χ0v) is 13.2. The van der Waals surface area contributed by atoms with Crippen molar-refractivity contribution in [1.82, 2.24) is 19.8 Å². The van der Waals surface area contributed by atoms with Gasteiger partial charge in [0.1, 0.15) is 10.8 Å². The van der Waals surface area contributed by atoms with Crippen molar-refractivity contribution in [1.29, 1.82) is 0 Å². The van der Waals surface area contributed by atoms with Crippen molar-refractivity contribution in [2.24, 2.45) is 5.92 Å². The van der Waals surface area contributed by atoms with Crippen LogP contribution in [0.1, 0.15) is 26.6 Å². The molecule has 0 aliphatic rings. The summed E-state index contributed by atoms with van der Waals surface area (Å²) in [7, 11) is 0. The van der Waals surface area contributed by atoms with Crippen molar-refractivity contribution in [3.05, 3.63) is 30.1 Å². The van der Waals surface area contributed by atoms with Gasteiger partial charge in [0.05, 0.1) is 6.61 Å². The second kappa shape index (κ2) is 5.81. The molecule has 0 saturated carbocycles. The Hall–Kier alpha value is -1.95. The highest BCUT2D eigenvalue weighted by Crippen LogP contribution is 2.27. The van der Waals surface area contributed by atoms with Gasteiger partial charge in [-0.1, -0.05) is 25.2 Å². The van der Waals surface area contributed by atoms with E-state index in [4.69, 9.17) is 4.74 Å². The van der Waals surface area contributed by atoms with Gasteiger partial charge in [0.25, 0.3) is 0 Å². The van der Waals surface area contributed by atoms with Crippen LogP contribution in [0, 0.1) is 5.92 Å². The Bertz CT molecular complexity index is 730. The van der Waals surface area contributed by atoms with Gasteiger partial charge in [-0.3, -0.25) is 0 Å². The van der Waals surface area contributed by atoms with Gasteiger partial charge >= 0.3 is 0 Å². The van der Waals surface area contributed by atoms with E-state index >= 15 is 0 Å². The van der Waals surface area contributed by atoms with Crippen LogP contribution < -0.4 is 4.74 Å². The summed E-state index contributed by atoms with van der Waals surface area (Å²) in [5.41, 5.74) is 1.07. The molecular weight excluding hydrogens is 284 g/mol. The van der Waals surface area contributed by atoms with E-state index in [1.807, 2.05) is 35.7 Å². The third-order valence-electron chi connectivity index (χ3n) is 3.06. The van der Waals surface area contributed by atoms with E-state index in [1.54, 1.807) is 11.3 Å². The third kappa shape index (κ3) is 2.90. The van der Waals surface area contributed by atoms with Crippen molar-refractivity contribution in [2.75, 3.05) is 6.61 Å². The molecule has 0 atom stereocenters. The van der Waals surface area contributed by atoms with Gasteiger partial charge in [0.15, 0.2) is 5.82 Å². The summed E-state index contributed by atoms with van der Waals surface area (Å²) in [6.07, 6.45) is 0.883. The average Bonchev–Trinajstić information content (AvgIpc) is 3.02. The van der Waals surface area contributed by atoms with Crippen LogP contribution in [-0.4, -0.2) is 26.4 Å². The summed E-state index contributed by atoms with van der Waals surface area (Å²) in [5.74, 6) is 2.34. The maximum absolute atomic E-state index is 5.46. The van der Waals surface area contributed by atoms with Crippen molar-refractivity contribution >= 4 is 16.3 Å². The molecule has 3 aromatic rings. The van der Waals surface area contributed by atoms with E-state index in [9.17, 15) is 0 Å². The first-order chi connectivity index (χ1) is 10.2. The molecule has 0 N–H and O–H groups in total. The minimum Gasteiger partial charge on any atom is -0.494 e. The quantitative estimate of drug-likeness (QED) is 0.724. The maximum atomic E-state index is 5.46. The first kappa shape index (κ1) is 14.0. The number of nitrogens with zero attached hydrogens (tertiary/aromatic N) is 4. The number of hydrogen-bond acceptors (Lipinski definition) is 5. The normalized spacial score (nSPS) is 11.4. The highest BCUT2D eigenvalue weighted by atomic mass is 32.1.